The van der Waals surface area contributed by atoms with Crippen LogP contribution in [-0.2, 0) is 24.8 Å². The summed E-state index contributed by atoms with van der Waals surface area (Å²) in [6, 6.07) is 14.0. The lowest BCUT2D eigenvalue weighted by molar-refractivity contribution is -0.116. The minimum Gasteiger partial charge on any atom is -0.295 e. The molecule has 2 aliphatic heterocycles. The molecule has 0 radical (unpaired) electrons. The summed E-state index contributed by atoms with van der Waals surface area (Å²) < 4.78 is 54.7. The first kappa shape index (κ1) is 23.9. The van der Waals surface area contributed by atoms with Gasteiger partial charge in [-0.25, -0.2) is 25.9 Å². The molecule has 1 N–H and O–H groups in total. The third-order valence-corrected chi connectivity index (χ3v) is 9.51. The van der Waals surface area contributed by atoms with Gasteiger partial charge in [-0.2, -0.15) is 0 Å². The average Bonchev–Trinajstić information content (AvgIpc) is 3.08. The molecule has 0 spiro atoms. The molecule has 1 atom stereocenters. The highest BCUT2D eigenvalue weighted by molar-refractivity contribution is 7.94. The van der Waals surface area contributed by atoms with Crippen molar-refractivity contribution < 1.29 is 21.6 Å². The van der Waals surface area contributed by atoms with Gasteiger partial charge in [0.05, 0.1) is 16.3 Å². The van der Waals surface area contributed by atoms with Gasteiger partial charge in [-0.1, -0.05) is 42.8 Å². The summed E-state index contributed by atoms with van der Waals surface area (Å²) in [6.07, 6.45) is 3.23. The van der Waals surface area contributed by atoms with Crippen LogP contribution < -0.4 is 9.03 Å². The monoisotopic (exact) mass is 491 g/mol. The number of hydrogen-bond donors (Lipinski definition) is 1. The van der Waals surface area contributed by atoms with E-state index in [1.807, 2.05) is 30.3 Å². The van der Waals surface area contributed by atoms with Gasteiger partial charge in [0.1, 0.15) is 0 Å². The maximum Gasteiger partial charge on any atom is 0.242 e. The predicted molar refractivity (Wildman–Crippen MR) is 127 cm³/mol. The number of aryl methyl sites for hydroxylation is 1. The van der Waals surface area contributed by atoms with Gasteiger partial charge in [0, 0.05) is 19.0 Å². The van der Waals surface area contributed by atoms with E-state index in [0.29, 0.717) is 9.87 Å². The maximum absolute atomic E-state index is 13.3. The number of rotatable bonds is 7. The quantitative estimate of drug-likeness (QED) is 0.639. The summed E-state index contributed by atoms with van der Waals surface area (Å²) >= 11 is 0. The van der Waals surface area contributed by atoms with Crippen molar-refractivity contribution in [3.8, 4) is 0 Å². The zero-order valence-electron chi connectivity index (χ0n) is 18.6. The van der Waals surface area contributed by atoms with E-state index < -0.39 is 26.0 Å². The molecular weight excluding hydrogens is 462 g/mol. The fraction of sp³-hybridized carbons (Fsp3) is 0.435. The molecule has 4 rings (SSSR count). The fourth-order valence-electron chi connectivity index (χ4n) is 4.50. The summed E-state index contributed by atoms with van der Waals surface area (Å²) in [7, 11) is -7.73. The standard InChI is InChI=1S/C23H29N3O5S2/c1-18-10-11-20(26-23(27)12-15-32(26,28)29)16-22(18)33(30,31)24-17-21(19-8-4-2-5-9-19)25-13-6-3-7-14-25/h2,4-5,8-11,16,21,24H,3,6-7,12-15,17H2,1H3. The third-order valence-electron chi connectivity index (χ3n) is 6.26. The second kappa shape index (κ2) is 9.54. The molecular formula is C23H29N3O5S2. The molecule has 0 aliphatic carbocycles. The van der Waals surface area contributed by atoms with Crippen LogP contribution >= 0.6 is 0 Å². The fourth-order valence-corrected chi connectivity index (χ4v) is 7.25. The van der Waals surface area contributed by atoms with Crippen molar-refractivity contribution in [2.75, 3.05) is 29.7 Å². The number of carbonyl (C=O) groups excluding carboxylic acids is 1. The summed E-state index contributed by atoms with van der Waals surface area (Å²) in [5.74, 6) is -0.821. The summed E-state index contributed by atoms with van der Waals surface area (Å²) in [5.41, 5.74) is 1.57. The lowest BCUT2D eigenvalue weighted by atomic mass is 10.0. The Balaban J connectivity index is 1.61. The van der Waals surface area contributed by atoms with Crippen LogP contribution in [0.2, 0.25) is 0 Å². The van der Waals surface area contributed by atoms with Gasteiger partial charge in [0.25, 0.3) is 0 Å². The van der Waals surface area contributed by atoms with E-state index >= 15 is 0 Å². The Labute approximate surface area is 195 Å². The third kappa shape index (κ3) is 5.13. The van der Waals surface area contributed by atoms with Crippen LogP contribution in [0, 0.1) is 6.92 Å². The molecule has 2 aromatic rings. The number of hydrogen-bond acceptors (Lipinski definition) is 6. The molecule has 2 saturated heterocycles. The first-order valence-electron chi connectivity index (χ1n) is 11.1. The molecule has 8 nitrogen and oxygen atoms in total. The van der Waals surface area contributed by atoms with Crippen LogP contribution in [-0.4, -0.2) is 53.0 Å². The van der Waals surface area contributed by atoms with E-state index in [1.165, 1.54) is 24.6 Å². The summed E-state index contributed by atoms with van der Waals surface area (Å²) in [4.78, 5) is 14.4. The van der Waals surface area contributed by atoms with Crippen molar-refractivity contribution in [2.24, 2.45) is 0 Å². The topological polar surface area (TPSA) is 104 Å². The van der Waals surface area contributed by atoms with Crippen molar-refractivity contribution >= 4 is 31.6 Å². The van der Waals surface area contributed by atoms with E-state index in [9.17, 15) is 21.6 Å². The Morgan fingerprint density at radius 1 is 1.03 bits per heavy atom. The van der Waals surface area contributed by atoms with Crippen LogP contribution in [0.25, 0.3) is 0 Å². The second-order valence-electron chi connectivity index (χ2n) is 8.55. The molecule has 1 unspecified atom stereocenters. The first-order chi connectivity index (χ1) is 15.7. The van der Waals surface area contributed by atoms with Crippen LogP contribution in [0.15, 0.2) is 53.4 Å². The largest absolute Gasteiger partial charge is 0.295 e. The molecule has 0 bridgehead atoms. The molecule has 178 valence electrons. The molecule has 2 fully saturated rings. The molecule has 10 heteroatoms. The minimum absolute atomic E-state index is 0.0274. The Bertz CT molecular complexity index is 1220. The van der Waals surface area contributed by atoms with Crippen molar-refractivity contribution in [3.05, 3.63) is 59.7 Å². The Morgan fingerprint density at radius 3 is 2.36 bits per heavy atom. The molecule has 2 aromatic carbocycles. The highest BCUT2D eigenvalue weighted by atomic mass is 32.2. The van der Waals surface area contributed by atoms with Gasteiger partial charge in [0.2, 0.25) is 26.0 Å². The maximum atomic E-state index is 13.3. The number of anilines is 1. The number of sulfonamides is 2. The van der Waals surface area contributed by atoms with E-state index in [-0.39, 0.29) is 35.3 Å². The number of nitrogens with one attached hydrogen (secondary N) is 1. The Morgan fingerprint density at radius 2 is 1.73 bits per heavy atom. The van der Waals surface area contributed by atoms with Crippen molar-refractivity contribution in [1.29, 1.82) is 0 Å². The van der Waals surface area contributed by atoms with Crippen molar-refractivity contribution in [3.63, 3.8) is 0 Å². The molecule has 2 aliphatic rings. The van der Waals surface area contributed by atoms with Gasteiger partial charge >= 0.3 is 0 Å². The van der Waals surface area contributed by atoms with Gasteiger partial charge in [-0.05, 0) is 56.1 Å². The lowest BCUT2D eigenvalue weighted by Gasteiger charge is -2.35. The van der Waals surface area contributed by atoms with Crippen LogP contribution in [0.4, 0.5) is 5.69 Å². The molecule has 0 saturated carbocycles. The van der Waals surface area contributed by atoms with E-state index in [2.05, 4.69) is 9.62 Å². The first-order valence-corrected chi connectivity index (χ1v) is 14.2. The van der Waals surface area contributed by atoms with Crippen LogP contribution in [0.5, 0.6) is 0 Å². The zero-order valence-corrected chi connectivity index (χ0v) is 20.2. The Kier molecular flexibility index (Phi) is 6.90. The smallest absolute Gasteiger partial charge is 0.242 e. The molecule has 1 amide bonds. The van der Waals surface area contributed by atoms with Gasteiger partial charge in [-0.3, -0.25) is 9.69 Å². The second-order valence-corrected chi connectivity index (χ2v) is 12.2. The number of carbonyl (C=O) groups is 1. The predicted octanol–water partition coefficient (Wildman–Crippen LogP) is 2.57. The van der Waals surface area contributed by atoms with E-state index in [0.717, 1.165) is 31.5 Å². The molecule has 2 heterocycles. The SMILES string of the molecule is Cc1ccc(N2C(=O)CCS2(=O)=O)cc1S(=O)(=O)NCC(c1ccccc1)N1CCCCC1. The van der Waals surface area contributed by atoms with Gasteiger partial charge < -0.3 is 0 Å². The summed E-state index contributed by atoms with van der Waals surface area (Å²) in [6.45, 7) is 3.66. The highest BCUT2D eigenvalue weighted by Crippen LogP contribution is 2.30. The lowest BCUT2D eigenvalue weighted by Crippen LogP contribution is -2.40. The molecule has 33 heavy (non-hydrogen) atoms. The zero-order chi connectivity index (χ0) is 23.6. The minimum atomic E-state index is -3.95. The Hall–Kier alpha value is -2.27. The highest BCUT2D eigenvalue weighted by Gasteiger charge is 2.37. The number of nitrogens with zero attached hydrogens (tertiary/aromatic N) is 2. The van der Waals surface area contributed by atoms with Crippen molar-refractivity contribution in [2.45, 2.75) is 43.5 Å². The normalized spacial score (nSPS) is 20.2. The van der Waals surface area contributed by atoms with Crippen molar-refractivity contribution in [1.82, 2.24) is 9.62 Å². The van der Waals surface area contributed by atoms with Crippen LogP contribution in [0.3, 0.4) is 0 Å². The van der Waals surface area contributed by atoms with E-state index in [4.69, 9.17) is 0 Å². The van der Waals surface area contributed by atoms with Gasteiger partial charge in [-0.15, -0.1) is 0 Å². The number of amides is 1. The summed E-state index contributed by atoms with van der Waals surface area (Å²) in [5, 5.41) is 0. The average molecular weight is 492 g/mol. The van der Waals surface area contributed by atoms with Gasteiger partial charge in [0.15, 0.2) is 0 Å². The number of benzene rings is 2. The van der Waals surface area contributed by atoms with E-state index in [1.54, 1.807) is 6.92 Å². The number of piperidine rings is 1. The number of likely N-dealkylation sites (tertiary alicyclic amines) is 1. The molecule has 0 aromatic heterocycles. The van der Waals surface area contributed by atoms with Crippen LogP contribution in [0.1, 0.15) is 42.9 Å².